The van der Waals surface area contributed by atoms with Crippen LogP contribution >= 0.6 is 0 Å². The largest absolute Gasteiger partial charge is 0.457 e. The average Bonchev–Trinajstić information content (AvgIpc) is 3.11. The van der Waals surface area contributed by atoms with Gasteiger partial charge >= 0.3 is 0 Å². The number of hydrogen-bond acceptors (Lipinski definition) is 3. The van der Waals surface area contributed by atoms with Gasteiger partial charge < -0.3 is 10.1 Å². The Labute approximate surface area is 144 Å². The smallest absolute Gasteiger partial charge is 0.259 e. The highest BCUT2D eigenvalue weighted by Gasteiger charge is 2.13. The van der Waals surface area contributed by atoms with Crippen LogP contribution in [0.15, 0.2) is 79.0 Å². The molecule has 0 bridgehead atoms. The molecule has 1 aromatic heterocycles. The molecule has 0 aliphatic rings. The van der Waals surface area contributed by atoms with Gasteiger partial charge in [-0.05, 0) is 42.5 Å². The maximum absolute atomic E-state index is 12.7. The van der Waals surface area contributed by atoms with Crippen LogP contribution in [0.3, 0.4) is 0 Å². The van der Waals surface area contributed by atoms with Gasteiger partial charge in [-0.25, -0.2) is 0 Å². The predicted molar refractivity (Wildman–Crippen MR) is 97.0 cm³/mol. The summed E-state index contributed by atoms with van der Waals surface area (Å²) < 4.78 is 5.85. The second kappa shape index (κ2) is 6.49. The van der Waals surface area contributed by atoms with E-state index in [0.717, 1.165) is 10.9 Å². The fraction of sp³-hybridized carbons (Fsp3) is 0. The van der Waals surface area contributed by atoms with Crippen LogP contribution < -0.4 is 10.1 Å². The second-order valence-corrected chi connectivity index (χ2v) is 5.54. The van der Waals surface area contributed by atoms with Gasteiger partial charge in [0.05, 0.1) is 17.3 Å². The normalized spacial score (nSPS) is 10.6. The topological polar surface area (TPSA) is 67.0 Å². The number of amides is 1. The van der Waals surface area contributed by atoms with E-state index in [-0.39, 0.29) is 5.91 Å². The predicted octanol–water partition coefficient (Wildman–Crippen LogP) is 4.61. The van der Waals surface area contributed by atoms with Gasteiger partial charge in [-0.2, -0.15) is 5.10 Å². The summed E-state index contributed by atoms with van der Waals surface area (Å²) in [5.41, 5.74) is 2.10. The Morgan fingerprint density at radius 2 is 1.76 bits per heavy atom. The maximum atomic E-state index is 12.7. The zero-order valence-corrected chi connectivity index (χ0v) is 13.3. The molecule has 0 saturated carbocycles. The van der Waals surface area contributed by atoms with Crippen LogP contribution in [-0.2, 0) is 0 Å². The summed E-state index contributed by atoms with van der Waals surface area (Å²) in [5.74, 6) is 0.965. The summed E-state index contributed by atoms with van der Waals surface area (Å²) in [6, 6.07) is 22.1. The number of aromatic amines is 1. The standard InChI is InChI=1S/C20H15N3O2/c24-20(22-15-10-11-18-14(12-15)13-21-23-18)17-8-4-5-9-19(17)25-16-6-2-1-3-7-16/h1-13H,(H,21,23)(H,22,24). The molecular weight excluding hydrogens is 314 g/mol. The fourth-order valence-corrected chi connectivity index (χ4v) is 2.58. The third kappa shape index (κ3) is 3.21. The van der Waals surface area contributed by atoms with Gasteiger partial charge in [-0.3, -0.25) is 9.89 Å². The summed E-state index contributed by atoms with van der Waals surface area (Å²) in [5, 5.41) is 10.7. The van der Waals surface area contributed by atoms with Crippen molar-refractivity contribution in [2.75, 3.05) is 5.32 Å². The molecule has 0 aliphatic carbocycles. The van der Waals surface area contributed by atoms with Crippen molar-refractivity contribution in [1.29, 1.82) is 0 Å². The van der Waals surface area contributed by atoms with Crippen LogP contribution in [-0.4, -0.2) is 16.1 Å². The van der Waals surface area contributed by atoms with Crippen LogP contribution in [0.5, 0.6) is 11.5 Å². The van der Waals surface area contributed by atoms with E-state index in [9.17, 15) is 4.79 Å². The highest BCUT2D eigenvalue weighted by Crippen LogP contribution is 2.26. The molecule has 4 rings (SSSR count). The number of aromatic nitrogens is 2. The van der Waals surface area contributed by atoms with Crippen LogP contribution in [0.25, 0.3) is 10.9 Å². The van der Waals surface area contributed by atoms with Crippen molar-refractivity contribution in [1.82, 2.24) is 10.2 Å². The van der Waals surface area contributed by atoms with Crippen LogP contribution in [0.4, 0.5) is 5.69 Å². The number of rotatable bonds is 4. The van der Waals surface area contributed by atoms with Crippen molar-refractivity contribution in [3.05, 3.63) is 84.6 Å². The molecule has 0 saturated heterocycles. The molecule has 0 atom stereocenters. The Balaban J connectivity index is 1.59. The number of anilines is 1. The highest BCUT2D eigenvalue weighted by atomic mass is 16.5. The van der Waals surface area contributed by atoms with Crippen molar-refractivity contribution in [2.45, 2.75) is 0 Å². The minimum Gasteiger partial charge on any atom is -0.457 e. The van der Waals surface area contributed by atoms with E-state index >= 15 is 0 Å². The molecule has 0 fully saturated rings. The zero-order chi connectivity index (χ0) is 17.1. The Morgan fingerprint density at radius 3 is 2.64 bits per heavy atom. The number of nitrogens with zero attached hydrogens (tertiary/aromatic N) is 1. The van der Waals surface area contributed by atoms with Gasteiger partial charge in [-0.1, -0.05) is 30.3 Å². The first-order valence-corrected chi connectivity index (χ1v) is 7.86. The number of ether oxygens (including phenoxy) is 1. The molecule has 122 valence electrons. The number of carbonyl (C=O) groups is 1. The molecule has 25 heavy (non-hydrogen) atoms. The number of hydrogen-bond donors (Lipinski definition) is 2. The number of fused-ring (bicyclic) bond motifs is 1. The zero-order valence-electron chi connectivity index (χ0n) is 13.3. The number of H-pyrrole nitrogens is 1. The quantitative estimate of drug-likeness (QED) is 0.574. The van der Waals surface area contributed by atoms with Gasteiger partial charge in [0.2, 0.25) is 0 Å². The van der Waals surface area contributed by atoms with E-state index in [1.807, 2.05) is 60.7 Å². The fourth-order valence-electron chi connectivity index (χ4n) is 2.58. The number of benzene rings is 3. The van der Waals surface area contributed by atoms with Gasteiger partial charge in [-0.15, -0.1) is 0 Å². The molecular formula is C20H15N3O2. The molecule has 5 heteroatoms. The summed E-state index contributed by atoms with van der Waals surface area (Å²) in [7, 11) is 0. The summed E-state index contributed by atoms with van der Waals surface area (Å²) in [6.07, 6.45) is 1.72. The van der Waals surface area contributed by atoms with Crippen LogP contribution in [0.2, 0.25) is 0 Å². The molecule has 4 aromatic rings. The number of nitrogens with one attached hydrogen (secondary N) is 2. The molecule has 0 unspecified atom stereocenters. The van der Waals surface area contributed by atoms with E-state index in [1.54, 1.807) is 18.3 Å². The lowest BCUT2D eigenvalue weighted by molar-refractivity contribution is 0.102. The average molecular weight is 329 g/mol. The first kappa shape index (κ1) is 15.0. The number of para-hydroxylation sites is 2. The Kier molecular flexibility index (Phi) is 3.88. The summed E-state index contributed by atoms with van der Waals surface area (Å²) >= 11 is 0. The molecule has 3 aromatic carbocycles. The van der Waals surface area contributed by atoms with Crippen LogP contribution in [0.1, 0.15) is 10.4 Å². The van der Waals surface area contributed by atoms with Crippen molar-refractivity contribution < 1.29 is 9.53 Å². The number of carbonyl (C=O) groups excluding carboxylic acids is 1. The lowest BCUT2D eigenvalue weighted by Gasteiger charge is -2.11. The molecule has 0 spiro atoms. The third-order valence-corrected chi connectivity index (χ3v) is 3.80. The first-order valence-electron chi connectivity index (χ1n) is 7.86. The second-order valence-electron chi connectivity index (χ2n) is 5.54. The van der Waals surface area contributed by atoms with E-state index in [2.05, 4.69) is 15.5 Å². The molecule has 1 amide bonds. The Hall–Kier alpha value is -3.60. The lowest BCUT2D eigenvalue weighted by Crippen LogP contribution is -2.12. The summed E-state index contributed by atoms with van der Waals surface area (Å²) in [6.45, 7) is 0. The van der Waals surface area contributed by atoms with Gasteiger partial charge in [0.1, 0.15) is 11.5 Å². The Morgan fingerprint density at radius 1 is 0.960 bits per heavy atom. The Bertz CT molecular complexity index is 1030. The monoisotopic (exact) mass is 329 g/mol. The van der Waals surface area contributed by atoms with E-state index in [4.69, 9.17) is 4.74 Å². The molecule has 1 heterocycles. The van der Waals surface area contributed by atoms with Crippen molar-refractivity contribution in [2.24, 2.45) is 0 Å². The lowest BCUT2D eigenvalue weighted by atomic mass is 10.1. The van der Waals surface area contributed by atoms with Gasteiger partial charge in [0.15, 0.2) is 0 Å². The van der Waals surface area contributed by atoms with Crippen molar-refractivity contribution in [3.8, 4) is 11.5 Å². The minimum absolute atomic E-state index is 0.227. The van der Waals surface area contributed by atoms with Gasteiger partial charge in [0, 0.05) is 11.1 Å². The molecule has 5 nitrogen and oxygen atoms in total. The van der Waals surface area contributed by atoms with Crippen molar-refractivity contribution in [3.63, 3.8) is 0 Å². The maximum Gasteiger partial charge on any atom is 0.259 e. The SMILES string of the molecule is O=C(Nc1ccc2[nH]ncc2c1)c1ccccc1Oc1ccccc1. The van der Waals surface area contributed by atoms with Gasteiger partial charge in [0.25, 0.3) is 5.91 Å². The molecule has 0 radical (unpaired) electrons. The van der Waals surface area contributed by atoms with Crippen LogP contribution in [0, 0.1) is 0 Å². The first-order chi connectivity index (χ1) is 12.3. The van der Waals surface area contributed by atoms with E-state index in [0.29, 0.717) is 22.7 Å². The third-order valence-electron chi connectivity index (χ3n) is 3.80. The minimum atomic E-state index is -0.227. The molecule has 2 N–H and O–H groups in total. The highest BCUT2D eigenvalue weighted by molar-refractivity contribution is 6.06. The summed E-state index contributed by atoms with van der Waals surface area (Å²) in [4.78, 5) is 12.7. The van der Waals surface area contributed by atoms with E-state index < -0.39 is 0 Å². The van der Waals surface area contributed by atoms with Crippen molar-refractivity contribution >= 4 is 22.5 Å². The molecule has 0 aliphatic heterocycles. The van der Waals surface area contributed by atoms with E-state index in [1.165, 1.54) is 0 Å².